The molecule has 2 aromatic heterocycles. The van der Waals surface area contributed by atoms with Crippen LogP contribution >= 0.6 is 34.7 Å². The number of alkyl halides is 3. The topological polar surface area (TPSA) is 79.8 Å². The van der Waals surface area contributed by atoms with Crippen molar-refractivity contribution in [3.8, 4) is 0 Å². The van der Waals surface area contributed by atoms with Gasteiger partial charge in [0.15, 0.2) is 10.2 Å². The first-order chi connectivity index (χ1) is 13.7. The van der Waals surface area contributed by atoms with Gasteiger partial charge in [-0.1, -0.05) is 46.8 Å². The summed E-state index contributed by atoms with van der Waals surface area (Å²) in [5.41, 5.74) is 0.983. The minimum atomic E-state index is -4.56. The molecule has 0 saturated carbocycles. The fourth-order valence-corrected chi connectivity index (χ4v) is 3.93. The number of rotatable bonds is 6. The van der Waals surface area contributed by atoms with Crippen LogP contribution in [0.3, 0.4) is 0 Å². The average Bonchev–Trinajstić information content (AvgIpc) is 3.08. The molecule has 2 heterocycles. The number of nitrogens with zero attached hydrogens (tertiary/aromatic N) is 3. The Bertz CT molecular complexity index is 1030. The van der Waals surface area contributed by atoms with Gasteiger partial charge in [-0.3, -0.25) is 4.79 Å². The molecule has 0 unspecified atom stereocenters. The number of anilines is 3. The van der Waals surface area contributed by atoms with Gasteiger partial charge in [-0.2, -0.15) is 13.2 Å². The number of aryl methyl sites for hydroxylation is 1. The summed E-state index contributed by atoms with van der Waals surface area (Å²) in [6.45, 7) is 1.98. The Labute approximate surface area is 176 Å². The minimum absolute atomic E-state index is 0.0297. The van der Waals surface area contributed by atoms with Crippen LogP contribution in [-0.4, -0.2) is 26.8 Å². The van der Waals surface area contributed by atoms with Gasteiger partial charge >= 0.3 is 6.18 Å². The first-order valence-electron chi connectivity index (χ1n) is 8.03. The Morgan fingerprint density at radius 2 is 2.07 bits per heavy atom. The molecule has 12 heteroatoms. The van der Waals surface area contributed by atoms with Crippen LogP contribution in [0.25, 0.3) is 0 Å². The van der Waals surface area contributed by atoms with E-state index < -0.39 is 17.6 Å². The first kappa shape index (κ1) is 21.3. The maximum atomic E-state index is 12.6. The van der Waals surface area contributed by atoms with Crippen molar-refractivity contribution in [2.45, 2.75) is 17.4 Å². The smallest absolute Gasteiger partial charge is 0.330 e. The van der Waals surface area contributed by atoms with Crippen molar-refractivity contribution >= 4 is 57.2 Å². The van der Waals surface area contributed by atoms with Gasteiger partial charge in [0, 0.05) is 11.9 Å². The number of halogens is 4. The Morgan fingerprint density at radius 1 is 1.28 bits per heavy atom. The summed E-state index contributed by atoms with van der Waals surface area (Å²) in [5.74, 6) is -0.644. The molecule has 0 atom stereocenters. The Morgan fingerprint density at radius 3 is 2.76 bits per heavy atom. The highest BCUT2D eigenvalue weighted by Gasteiger charge is 2.31. The molecular formula is C17H13ClF3N5OS2. The largest absolute Gasteiger partial charge is 0.417 e. The number of hydrogen-bond donors (Lipinski definition) is 2. The molecule has 0 saturated heterocycles. The molecule has 2 N–H and O–H groups in total. The van der Waals surface area contributed by atoms with Gasteiger partial charge in [0.25, 0.3) is 0 Å². The predicted octanol–water partition coefficient (Wildman–Crippen LogP) is 5.39. The number of carbonyl (C=O) groups excluding carboxylic acids is 1. The minimum Gasteiger partial charge on any atom is -0.330 e. The van der Waals surface area contributed by atoms with E-state index in [-0.39, 0.29) is 16.6 Å². The summed E-state index contributed by atoms with van der Waals surface area (Å²) in [5, 5.41) is 13.8. The van der Waals surface area contributed by atoms with E-state index in [1.54, 1.807) is 0 Å². The molecule has 0 aliphatic carbocycles. The number of nitrogens with one attached hydrogen (secondary N) is 2. The van der Waals surface area contributed by atoms with E-state index in [1.165, 1.54) is 11.3 Å². The quantitative estimate of drug-likeness (QED) is 0.481. The van der Waals surface area contributed by atoms with Gasteiger partial charge in [-0.05, 0) is 30.7 Å². The highest BCUT2D eigenvalue weighted by molar-refractivity contribution is 8.01. The number of amides is 1. The van der Waals surface area contributed by atoms with Gasteiger partial charge in [0.1, 0.15) is 0 Å². The molecule has 3 aromatic rings. The number of pyridine rings is 1. The molecule has 0 aliphatic rings. The van der Waals surface area contributed by atoms with Crippen LogP contribution in [-0.2, 0) is 11.0 Å². The number of aromatic nitrogens is 3. The maximum Gasteiger partial charge on any atom is 0.417 e. The molecule has 1 aromatic carbocycles. The van der Waals surface area contributed by atoms with E-state index in [0.717, 1.165) is 23.0 Å². The van der Waals surface area contributed by atoms with Crippen LogP contribution in [0.5, 0.6) is 0 Å². The highest BCUT2D eigenvalue weighted by atomic mass is 35.5. The summed E-state index contributed by atoms with van der Waals surface area (Å²) in [4.78, 5) is 15.6. The fraction of sp³-hybridized carbons (Fsp3) is 0.176. The second-order valence-corrected chi connectivity index (χ2v) is 8.36. The zero-order valence-electron chi connectivity index (χ0n) is 14.7. The summed E-state index contributed by atoms with van der Waals surface area (Å²) in [6.07, 6.45) is -3.94. The number of carbonyl (C=O) groups is 1. The molecule has 0 bridgehead atoms. The third-order valence-corrected chi connectivity index (χ3v) is 5.69. The van der Waals surface area contributed by atoms with Crippen molar-refractivity contribution in [3.05, 3.63) is 52.7 Å². The molecule has 6 nitrogen and oxygen atoms in total. The normalized spacial score (nSPS) is 11.3. The van der Waals surface area contributed by atoms with Crippen molar-refractivity contribution in [1.29, 1.82) is 0 Å². The molecule has 0 radical (unpaired) electrons. The lowest BCUT2D eigenvalue weighted by Gasteiger charge is -2.09. The SMILES string of the molecule is Cc1cccc(Nc2nnc(SCC(=O)Nc3ncc(C(F)(F)F)cc3Cl)s2)c1. The van der Waals surface area contributed by atoms with E-state index in [9.17, 15) is 18.0 Å². The van der Waals surface area contributed by atoms with E-state index in [2.05, 4.69) is 25.8 Å². The van der Waals surface area contributed by atoms with Gasteiger partial charge in [-0.25, -0.2) is 4.98 Å². The van der Waals surface area contributed by atoms with Crippen LogP contribution in [0.2, 0.25) is 5.02 Å². The van der Waals surface area contributed by atoms with Crippen molar-refractivity contribution in [2.24, 2.45) is 0 Å². The zero-order valence-corrected chi connectivity index (χ0v) is 17.1. The molecule has 1 amide bonds. The second kappa shape index (κ2) is 8.97. The Kier molecular flexibility index (Phi) is 6.60. The molecule has 3 rings (SSSR count). The van der Waals surface area contributed by atoms with Crippen molar-refractivity contribution in [3.63, 3.8) is 0 Å². The van der Waals surface area contributed by atoms with Crippen LogP contribution in [0.4, 0.5) is 29.8 Å². The molecular weight excluding hydrogens is 447 g/mol. The standard InChI is InChI=1S/C17H13ClF3N5OS2/c1-9-3-2-4-11(5-9)23-15-25-26-16(29-15)28-8-13(27)24-14-12(18)6-10(7-22-14)17(19,20)21/h2-7H,8H2,1H3,(H,23,25)(H,22,24,27). The Balaban J connectivity index is 1.54. The van der Waals surface area contributed by atoms with Crippen LogP contribution in [0.1, 0.15) is 11.1 Å². The van der Waals surface area contributed by atoms with E-state index in [0.29, 0.717) is 21.7 Å². The van der Waals surface area contributed by atoms with E-state index >= 15 is 0 Å². The maximum absolute atomic E-state index is 12.6. The van der Waals surface area contributed by atoms with Crippen LogP contribution in [0.15, 0.2) is 40.9 Å². The average molecular weight is 460 g/mol. The monoisotopic (exact) mass is 459 g/mol. The third-order valence-electron chi connectivity index (χ3n) is 3.43. The summed E-state index contributed by atoms with van der Waals surface area (Å²) in [7, 11) is 0. The summed E-state index contributed by atoms with van der Waals surface area (Å²) >= 11 is 8.19. The van der Waals surface area contributed by atoms with Crippen molar-refractivity contribution in [1.82, 2.24) is 15.2 Å². The van der Waals surface area contributed by atoms with Crippen molar-refractivity contribution < 1.29 is 18.0 Å². The number of thioether (sulfide) groups is 1. The van der Waals surface area contributed by atoms with Gasteiger partial charge in [0.05, 0.1) is 16.3 Å². The van der Waals surface area contributed by atoms with E-state index in [4.69, 9.17) is 11.6 Å². The fourth-order valence-electron chi connectivity index (χ4n) is 2.15. The lowest BCUT2D eigenvalue weighted by molar-refractivity contribution is -0.137. The number of benzene rings is 1. The first-order valence-corrected chi connectivity index (χ1v) is 10.2. The van der Waals surface area contributed by atoms with Crippen LogP contribution in [0, 0.1) is 6.92 Å². The van der Waals surface area contributed by atoms with Crippen LogP contribution < -0.4 is 10.6 Å². The van der Waals surface area contributed by atoms with E-state index in [1.807, 2.05) is 31.2 Å². The van der Waals surface area contributed by atoms with Gasteiger partial charge < -0.3 is 10.6 Å². The Hall–Kier alpha value is -2.37. The molecule has 0 spiro atoms. The molecule has 29 heavy (non-hydrogen) atoms. The predicted molar refractivity (Wildman–Crippen MR) is 108 cm³/mol. The van der Waals surface area contributed by atoms with Gasteiger partial charge in [0.2, 0.25) is 11.0 Å². The second-order valence-electron chi connectivity index (χ2n) is 5.76. The molecule has 0 aliphatic heterocycles. The lowest BCUT2D eigenvalue weighted by Crippen LogP contribution is -2.16. The summed E-state index contributed by atoms with van der Waals surface area (Å²) in [6, 6.07) is 8.46. The van der Waals surface area contributed by atoms with Gasteiger partial charge in [-0.15, -0.1) is 10.2 Å². The highest BCUT2D eigenvalue weighted by Crippen LogP contribution is 2.32. The lowest BCUT2D eigenvalue weighted by atomic mass is 10.2. The number of hydrogen-bond acceptors (Lipinski definition) is 7. The molecule has 0 fully saturated rings. The zero-order chi connectivity index (χ0) is 21.0. The summed E-state index contributed by atoms with van der Waals surface area (Å²) < 4.78 is 38.4. The third kappa shape index (κ3) is 6.05. The molecule has 152 valence electrons. The van der Waals surface area contributed by atoms with Crippen molar-refractivity contribution in [2.75, 3.05) is 16.4 Å².